The summed E-state index contributed by atoms with van der Waals surface area (Å²) in [6.07, 6.45) is 4.18. The van der Waals surface area contributed by atoms with Crippen LogP contribution in [0.15, 0.2) is 29.6 Å². The first-order chi connectivity index (χ1) is 6.33. The van der Waals surface area contributed by atoms with Gasteiger partial charge in [0.05, 0.1) is 13.3 Å². The average molecular weight is 197 g/mol. The first kappa shape index (κ1) is 12.0. The number of carbonyl (C=O) groups is 1. The molecule has 0 fully saturated rings. The van der Waals surface area contributed by atoms with E-state index in [2.05, 4.69) is 20.2 Å². The van der Waals surface area contributed by atoms with Gasteiger partial charge in [-0.1, -0.05) is 0 Å². The Balaban J connectivity index is 0.00000169. The Labute approximate surface area is 80.9 Å². The van der Waals surface area contributed by atoms with E-state index in [9.17, 15) is 4.79 Å². The minimum atomic E-state index is -0.592. The molecule has 6 nitrogen and oxygen atoms in total. The Kier molecular flexibility index (Phi) is 5.64. The van der Waals surface area contributed by atoms with E-state index in [1.165, 1.54) is 13.3 Å². The number of ether oxygens (including phenoxy) is 1. The number of carbonyl (C=O) groups excluding carboxylic acids is 1. The molecule has 1 heterocycles. The van der Waals surface area contributed by atoms with Gasteiger partial charge < -0.3 is 10.2 Å². The minimum absolute atomic E-state index is 0. The summed E-state index contributed by atoms with van der Waals surface area (Å²) in [6.45, 7) is 0. The maximum absolute atomic E-state index is 10.5. The van der Waals surface area contributed by atoms with Gasteiger partial charge in [-0.05, 0) is 17.7 Å². The van der Waals surface area contributed by atoms with E-state index in [-0.39, 0.29) is 5.48 Å². The van der Waals surface area contributed by atoms with Crippen LogP contribution in [0.2, 0.25) is 0 Å². The van der Waals surface area contributed by atoms with Gasteiger partial charge in [-0.15, -0.1) is 0 Å². The average Bonchev–Trinajstić information content (AvgIpc) is 2.19. The molecule has 1 aromatic heterocycles. The Morgan fingerprint density at radius 2 is 2.21 bits per heavy atom. The highest BCUT2D eigenvalue weighted by Crippen LogP contribution is 1.89. The van der Waals surface area contributed by atoms with Crippen molar-refractivity contribution < 1.29 is 15.0 Å². The van der Waals surface area contributed by atoms with Crippen molar-refractivity contribution in [1.29, 1.82) is 0 Å². The third-order valence-corrected chi connectivity index (χ3v) is 1.26. The highest BCUT2D eigenvalue weighted by atomic mass is 16.5. The molecule has 1 aromatic rings. The van der Waals surface area contributed by atoms with E-state index >= 15 is 0 Å². The minimum Gasteiger partial charge on any atom is -0.452 e. The number of nitrogens with zero attached hydrogens (tertiary/aromatic N) is 2. The number of aromatic nitrogens is 1. The van der Waals surface area contributed by atoms with Crippen LogP contribution < -0.4 is 5.43 Å². The summed E-state index contributed by atoms with van der Waals surface area (Å²) >= 11 is 0. The summed E-state index contributed by atoms with van der Waals surface area (Å²) in [6, 6.07) is 3.53. The topological polar surface area (TPSA) is 95.1 Å². The molecule has 6 heteroatoms. The molecule has 76 valence electrons. The molecule has 14 heavy (non-hydrogen) atoms. The second-order valence-corrected chi connectivity index (χ2v) is 2.14. The molecule has 0 saturated heterocycles. The molecule has 0 atom stereocenters. The largest absolute Gasteiger partial charge is 0.452 e. The number of hydrogen-bond donors (Lipinski definition) is 1. The number of amides is 1. The van der Waals surface area contributed by atoms with Crippen molar-refractivity contribution in [3.63, 3.8) is 0 Å². The zero-order valence-corrected chi connectivity index (χ0v) is 7.60. The van der Waals surface area contributed by atoms with Gasteiger partial charge >= 0.3 is 6.09 Å². The Morgan fingerprint density at radius 1 is 1.57 bits per heavy atom. The molecule has 0 spiro atoms. The van der Waals surface area contributed by atoms with Gasteiger partial charge in [0.2, 0.25) is 0 Å². The van der Waals surface area contributed by atoms with Crippen LogP contribution >= 0.6 is 0 Å². The van der Waals surface area contributed by atoms with Gasteiger partial charge in [0.25, 0.3) is 0 Å². The maximum Gasteiger partial charge on any atom is 0.427 e. The van der Waals surface area contributed by atoms with E-state index in [0.29, 0.717) is 0 Å². The zero-order chi connectivity index (χ0) is 9.52. The fourth-order valence-electron chi connectivity index (χ4n) is 0.655. The van der Waals surface area contributed by atoms with Crippen molar-refractivity contribution in [3.05, 3.63) is 30.1 Å². The molecule has 0 aliphatic heterocycles. The third kappa shape index (κ3) is 4.17. The number of nitrogens with one attached hydrogen (secondary N) is 1. The zero-order valence-electron chi connectivity index (χ0n) is 7.60. The fourth-order valence-corrected chi connectivity index (χ4v) is 0.655. The van der Waals surface area contributed by atoms with Gasteiger partial charge in [0.15, 0.2) is 0 Å². The lowest BCUT2D eigenvalue weighted by Gasteiger charge is -1.94. The van der Waals surface area contributed by atoms with E-state index in [1.807, 2.05) is 0 Å². The van der Waals surface area contributed by atoms with Crippen LogP contribution in [-0.2, 0) is 4.74 Å². The first-order valence-electron chi connectivity index (χ1n) is 3.60. The van der Waals surface area contributed by atoms with Crippen LogP contribution in [0.4, 0.5) is 4.79 Å². The van der Waals surface area contributed by atoms with Crippen molar-refractivity contribution >= 4 is 12.3 Å². The van der Waals surface area contributed by atoms with Gasteiger partial charge in [0, 0.05) is 12.4 Å². The lowest BCUT2D eigenvalue weighted by atomic mass is 10.3. The van der Waals surface area contributed by atoms with Crippen LogP contribution in [0.5, 0.6) is 0 Å². The van der Waals surface area contributed by atoms with E-state index in [0.717, 1.165) is 5.56 Å². The predicted molar refractivity (Wildman–Crippen MR) is 51.0 cm³/mol. The number of pyridine rings is 1. The van der Waals surface area contributed by atoms with Gasteiger partial charge in [-0.3, -0.25) is 4.98 Å². The van der Waals surface area contributed by atoms with Crippen molar-refractivity contribution in [1.82, 2.24) is 10.4 Å². The second-order valence-electron chi connectivity index (χ2n) is 2.14. The van der Waals surface area contributed by atoms with Crippen LogP contribution in [0, 0.1) is 0 Å². The molecular weight excluding hydrogens is 186 g/mol. The van der Waals surface area contributed by atoms with Crippen LogP contribution in [0.25, 0.3) is 0 Å². The first-order valence-corrected chi connectivity index (χ1v) is 3.60. The van der Waals surface area contributed by atoms with Crippen molar-refractivity contribution in [2.75, 3.05) is 7.11 Å². The number of hydrazone groups is 1. The van der Waals surface area contributed by atoms with Gasteiger partial charge in [-0.2, -0.15) is 5.10 Å². The van der Waals surface area contributed by atoms with Gasteiger partial charge in [-0.25, -0.2) is 10.2 Å². The molecular formula is C8H11N3O3. The van der Waals surface area contributed by atoms with Crippen molar-refractivity contribution in [2.45, 2.75) is 0 Å². The molecule has 0 saturated carbocycles. The van der Waals surface area contributed by atoms with Crippen LogP contribution in [-0.4, -0.2) is 29.9 Å². The third-order valence-electron chi connectivity index (χ3n) is 1.26. The molecule has 3 N–H and O–H groups in total. The summed E-state index contributed by atoms with van der Waals surface area (Å²) < 4.78 is 4.31. The van der Waals surface area contributed by atoms with Crippen LogP contribution in [0.3, 0.4) is 0 Å². The number of methoxy groups -OCH3 is 1. The summed E-state index contributed by atoms with van der Waals surface area (Å²) in [5, 5.41) is 3.64. The Hall–Kier alpha value is -1.95. The fraction of sp³-hybridized carbons (Fsp3) is 0.125. The normalized spacial score (nSPS) is 9.21. The molecule has 0 unspecified atom stereocenters. The molecule has 0 aromatic carbocycles. The van der Waals surface area contributed by atoms with E-state index < -0.39 is 6.09 Å². The summed E-state index contributed by atoms with van der Waals surface area (Å²) in [7, 11) is 1.28. The highest BCUT2D eigenvalue weighted by molar-refractivity contribution is 5.80. The smallest absolute Gasteiger partial charge is 0.427 e. The molecule has 0 bridgehead atoms. The Bertz CT molecular complexity index is 300. The molecule has 0 aliphatic carbocycles. The summed E-state index contributed by atoms with van der Waals surface area (Å²) in [4.78, 5) is 14.4. The highest BCUT2D eigenvalue weighted by Gasteiger charge is 1.91. The quantitative estimate of drug-likeness (QED) is 0.531. The second kappa shape index (κ2) is 6.55. The number of hydrogen-bond acceptors (Lipinski definition) is 4. The Morgan fingerprint density at radius 3 is 2.79 bits per heavy atom. The predicted octanol–water partition coefficient (Wildman–Crippen LogP) is -0.0532. The van der Waals surface area contributed by atoms with E-state index in [4.69, 9.17) is 0 Å². The SMILES string of the molecule is COC(=O)N/N=C/c1ccncc1.O. The van der Waals surface area contributed by atoms with Crippen LogP contribution in [0.1, 0.15) is 5.56 Å². The lowest BCUT2D eigenvalue weighted by Crippen LogP contribution is -2.16. The molecule has 1 rings (SSSR count). The molecule has 0 aliphatic rings. The van der Waals surface area contributed by atoms with E-state index in [1.54, 1.807) is 24.5 Å². The van der Waals surface area contributed by atoms with Gasteiger partial charge in [0.1, 0.15) is 0 Å². The monoisotopic (exact) mass is 197 g/mol. The summed E-state index contributed by atoms with van der Waals surface area (Å²) in [5.74, 6) is 0. The number of rotatable bonds is 2. The lowest BCUT2D eigenvalue weighted by molar-refractivity contribution is 0.171. The summed E-state index contributed by atoms with van der Waals surface area (Å²) in [5.41, 5.74) is 3.02. The standard InChI is InChI=1S/C8H9N3O2.H2O/c1-13-8(12)11-10-6-7-2-4-9-5-3-7;/h2-6H,1H3,(H,11,12);1H2/b10-6+;. The molecule has 1 amide bonds. The maximum atomic E-state index is 10.5. The van der Waals surface area contributed by atoms with Crippen molar-refractivity contribution in [2.24, 2.45) is 5.10 Å². The van der Waals surface area contributed by atoms with Crippen molar-refractivity contribution in [3.8, 4) is 0 Å². The molecule has 0 radical (unpaired) electrons.